The quantitative estimate of drug-likeness (QED) is 0.822. The second kappa shape index (κ2) is 4.73. The van der Waals surface area contributed by atoms with Crippen molar-refractivity contribution in [1.29, 1.82) is 0 Å². The van der Waals surface area contributed by atoms with Crippen molar-refractivity contribution >= 4 is 5.78 Å². The van der Waals surface area contributed by atoms with Gasteiger partial charge in [-0.15, -0.1) is 0 Å². The Kier molecular flexibility index (Phi) is 3.08. The number of ether oxygens (including phenoxy) is 2. The van der Waals surface area contributed by atoms with Crippen LogP contribution in [-0.2, 0) is 11.2 Å². The van der Waals surface area contributed by atoms with Crippen molar-refractivity contribution in [3.8, 4) is 5.75 Å². The Morgan fingerprint density at radius 2 is 2.22 bits per heavy atom. The van der Waals surface area contributed by atoms with Gasteiger partial charge in [-0.1, -0.05) is 12.1 Å². The minimum Gasteiger partial charge on any atom is -0.491 e. The van der Waals surface area contributed by atoms with E-state index in [9.17, 15) is 4.79 Å². The maximum atomic E-state index is 11.6. The Balaban J connectivity index is 1.68. The highest BCUT2D eigenvalue weighted by Crippen LogP contribution is 2.31. The summed E-state index contributed by atoms with van der Waals surface area (Å²) in [5.74, 6) is 1.10. The fraction of sp³-hybridized carbons (Fsp3) is 0.533. The molecule has 3 rings (SSSR count). The summed E-state index contributed by atoms with van der Waals surface area (Å²) in [7, 11) is 0. The molecular formula is C15H18O3. The molecule has 18 heavy (non-hydrogen) atoms. The van der Waals surface area contributed by atoms with Crippen LogP contribution in [0.1, 0.15) is 42.1 Å². The molecule has 96 valence electrons. The van der Waals surface area contributed by atoms with Crippen LogP contribution in [0.4, 0.5) is 0 Å². The molecule has 1 aliphatic carbocycles. The molecule has 0 radical (unpaired) electrons. The topological polar surface area (TPSA) is 35.5 Å². The molecule has 0 saturated carbocycles. The highest BCUT2D eigenvalue weighted by molar-refractivity contribution is 6.01. The van der Waals surface area contributed by atoms with Gasteiger partial charge >= 0.3 is 0 Å². The van der Waals surface area contributed by atoms with Gasteiger partial charge in [0.15, 0.2) is 5.78 Å². The lowest BCUT2D eigenvalue weighted by Gasteiger charge is -2.14. The highest BCUT2D eigenvalue weighted by atomic mass is 16.5. The van der Waals surface area contributed by atoms with Gasteiger partial charge in [0.05, 0.1) is 12.2 Å². The predicted molar refractivity (Wildman–Crippen MR) is 68.2 cm³/mol. The molecule has 0 N–H and O–H groups in total. The lowest BCUT2D eigenvalue weighted by molar-refractivity contribution is 0.0263. The van der Waals surface area contributed by atoms with E-state index in [4.69, 9.17) is 9.47 Å². The van der Waals surface area contributed by atoms with E-state index in [0.717, 1.165) is 36.1 Å². The second-order valence-corrected chi connectivity index (χ2v) is 5.16. The maximum Gasteiger partial charge on any atom is 0.163 e. The molecule has 3 heteroatoms. The van der Waals surface area contributed by atoms with Crippen LogP contribution in [0.25, 0.3) is 0 Å². The van der Waals surface area contributed by atoms with Gasteiger partial charge in [-0.25, -0.2) is 0 Å². The van der Waals surface area contributed by atoms with Crippen LogP contribution in [0.3, 0.4) is 0 Å². The largest absolute Gasteiger partial charge is 0.491 e. The third kappa shape index (κ3) is 2.15. The fourth-order valence-corrected chi connectivity index (χ4v) is 2.78. The van der Waals surface area contributed by atoms with Gasteiger partial charge in [0, 0.05) is 17.5 Å². The Morgan fingerprint density at radius 3 is 3.00 bits per heavy atom. The van der Waals surface area contributed by atoms with E-state index >= 15 is 0 Å². The van der Waals surface area contributed by atoms with Crippen molar-refractivity contribution in [3.05, 3.63) is 29.3 Å². The summed E-state index contributed by atoms with van der Waals surface area (Å²) >= 11 is 0. The summed E-state index contributed by atoms with van der Waals surface area (Å²) in [6.07, 6.45) is 4.16. The minimum absolute atomic E-state index is 0.202. The molecule has 2 atom stereocenters. The van der Waals surface area contributed by atoms with Crippen molar-refractivity contribution in [2.24, 2.45) is 0 Å². The van der Waals surface area contributed by atoms with Crippen LogP contribution in [0, 0.1) is 0 Å². The van der Waals surface area contributed by atoms with Gasteiger partial charge in [-0.2, -0.15) is 0 Å². The van der Waals surface area contributed by atoms with E-state index in [0.29, 0.717) is 19.1 Å². The summed E-state index contributed by atoms with van der Waals surface area (Å²) in [6, 6.07) is 5.75. The zero-order valence-electron chi connectivity index (χ0n) is 10.6. The SMILES string of the molecule is CC1CCC(COc2cccc3c2CCC3=O)O1. The van der Waals surface area contributed by atoms with Gasteiger partial charge < -0.3 is 9.47 Å². The molecule has 1 aliphatic heterocycles. The van der Waals surface area contributed by atoms with Crippen molar-refractivity contribution in [1.82, 2.24) is 0 Å². The summed E-state index contributed by atoms with van der Waals surface area (Å²) in [4.78, 5) is 11.6. The molecule has 1 aromatic rings. The first-order valence-electron chi connectivity index (χ1n) is 6.67. The predicted octanol–water partition coefficient (Wildman–Crippen LogP) is 2.76. The minimum atomic E-state index is 0.202. The molecule has 0 spiro atoms. The summed E-state index contributed by atoms with van der Waals surface area (Å²) in [5.41, 5.74) is 1.92. The Hall–Kier alpha value is -1.35. The fourth-order valence-electron chi connectivity index (χ4n) is 2.78. The van der Waals surface area contributed by atoms with Gasteiger partial charge in [0.25, 0.3) is 0 Å². The van der Waals surface area contributed by atoms with Crippen LogP contribution in [0.15, 0.2) is 18.2 Å². The number of hydrogen-bond donors (Lipinski definition) is 0. The van der Waals surface area contributed by atoms with E-state index in [1.165, 1.54) is 0 Å². The van der Waals surface area contributed by atoms with E-state index in [-0.39, 0.29) is 11.9 Å². The van der Waals surface area contributed by atoms with Crippen LogP contribution in [0.2, 0.25) is 0 Å². The number of carbonyl (C=O) groups excluding carboxylic acids is 1. The molecule has 0 bridgehead atoms. The van der Waals surface area contributed by atoms with Gasteiger partial charge in [-0.3, -0.25) is 4.79 Å². The normalized spacial score (nSPS) is 26.4. The lowest BCUT2D eigenvalue weighted by Crippen LogP contribution is -2.18. The zero-order chi connectivity index (χ0) is 12.5. The van der Waals surface area contributed by atoms with E-state index in [1.54, 1.807) is 0 Å². The summed E-state index contributed by atoms with van der Waals surface area (Å²) in [5, 5.41) is 0. The van der Waals surface area contributed by atoms with Crippen LogP contribution < -0.4 is 4.74 Å². The number of ketones is 1. The number of Topliss-reactive ketones (excluding diaryl/α,β-unsaturated/α-hetero) is 1. The molecule has 1 fully saturated rings. The molecule has 0 amide bonds. The van der Waals surface area contributed by atoms with Crippen molar-refractivity contribution in [3.63, 3.8) is 0 Å². The Bertz CT molecular complexity index is 467. The first-order valence-corrected chi connectivity index (χ1v) is 6.67. The highest BCUT2D eigenvalue weighted by Gasteiger charge is 2.25. The molecule has 1 aromatic carbocycles. The summed E-state index contributed by atoms with van der Waals surface area (Å²) < 4.78 is 11.6. The smallest absolute Gasteiger partial charge is 0.163 e. The van der Waals surface area contributed by atoms with E-state index < -0.39 is 0 Å². The standard InChI is InChI=1S/C15H18O3/c1-10-5-6-11(18-10)9-17-15-4-2-3-12-13(15)7-8-14(12)16/h2-4,10-11H,5-9H2,1H3. The molecule has 0 aromatic heterocycles. The zero-order valence-corrected chi connectivity index (χ0v) is 10.6. The molecule has 1 saturated heterocycles. The van der Waals surface area contributed by atoms with E-state index in [2.05, 4.69) is 6.92 Å². The molecule has 3 nitrogen and oxygen atoms in total. The molecular weight excluding hydrogens is 228 g/mol. The number of rotatable bonds is 3. The van der Waals surface area contributed by atoms with E-state index in [1.807, 2.05) is 18.2 Å². The first kappa shape index (κ1) is 11.7. The van der Waals surface area contributed by atoms with Crippen LogP contribution in [0.5, 0.6) is 5.75 Å². The maximum absolute atomic E-state index is 11.6. The first-order chi connectivity index (χ1) is 8.74. The van der Waals surface area contributed by atoms with Crippen molar-refractivity contribution < 1.29 is 14.3 Å². The van der Waals surface area contributed by atoms with Crippen LogP contribution >= 0.6 is 0 Å². The van der Waals surface area contributed by atoms with Crippen molar-refractivity contribution in [2.45, 2.75) is 44.8 Å². The third-order valence-electron chi connectivity index (χ3n) is 3.78. The van der Waals surface area contributed by atoms with Gasteiger partial charge in [0.1, 0.15) is 12.4 Å². The number of carbonyl (C=O) groups is 1. The number of fused-ring (bicyclic) bond motifs is 1. The second-order valence-electron chi connectivity index (χ2n) is 5.16. The monoisotopic (exact) mass is 246 g/mol. The third-order valence-corrected chi connectivity index (χ3v) is 3.78. The average molecular weight is 246 g/mol. The van der Waals surface area contributed by atoms with Crippen LogP contribution in [-0.4, -0.2) is 24.6 Å². The average Bonchev–Trinajstić information content (AvgIpc) is 2.94. The lowest BCUT2D eigenvalue weighted by atomic mass is 10.1. The van der Waals surface area contributed by atoms with Crippen molar-refractivity contribution in [2.75, 3.05) is 6.61 Å². The molecule has 2 aliphatic rings. The Labute approximate surface area is 107 Å². The molecule has 1 heterocycles. The summed E-state index contributed by atoms with van der Waals surface area (Å²) in [6.45, 7) is 2.69. The van der Waals surface area contributed by atoms with Gasteiger partial charge in [0.2, 0.25) is 0 Å². The number of benzene rings is 1. The number of hydrogen-bond acceptors (Lipinski definition) is 3. The Morgan fingerprint density at radius 1 is 1.33 bits per heavy atom. The molecule has 2 unspecified atom stereocenters. The van der Waals surface area contributed by atoms with Gasteiger partial charge in [-0.05, 0) is 32.3 Å².